The molecular formula is C13H15F3N2OS. The number of aromatic nitrogens is 1. The van der Waals surface area contributed by atoms with Crippen LogP contribution in [0.25, 0.3) is 10.2 Å². The van der Waals surface area contributed by atoms with Crippen molar-refractivity contribution in [2.45, 2.75) is 26.1 Å². The monoisotopic (exact) mass is 304 g/mol. The van der Waals surface area contributed by atoms with Crippen molar-refractivity contribution in [3.8, 4) is 0 Å². The summed E-state index contributed by atoms with van der Waals surface area (Å²) in [5.74, 6) is 0. The molecule has 0 aliphatic heterocycles. The minimum absolute atomic E-state index is 0.154. The van der Waals surface area contributed by atoms with Gasteiger partial charge in [-0.1, -0.05) is 11.3 Å². The Balaban J connectivity index is 2.06. The molecule has 7 heteroatoms. The lowest BCUT2D eigenvalue weighted by molar-refractivity contribution is -0.137. The Morgan fingerprint density at radius 3 is 2.75 bits per heavy atom. The molecule has 0 unspecified atom stereocenters. The number of ether oxygens (including phenoxy) is 1. The third-order valence-corrected chi connectivity index (χ3v) is 3.54. The molecule has 0 spiro atoms. The molecule has 2 rings (SSSR count). The molecule has 110 valence electrons. The summed E-state index contributed by atoms with van der Waals surface area (Å²) in [6.45, 7) is 4.98. The molecule has 0 fully saturated rings. The van der Waals surface area contributed by atoms with Crippen molar-refractivity contribution in [1.82, 2.24) is 4.98 Å². The summed E-state index contributed by atoms with van der Waals surface area (Å²) >= 11 is 1.33. The number of hydrogen-bond donors (Lipinski definition) is 1. The highest BCUT2D eigenvalue weighted by molar-refractivity contribution is 7.22. The minimum atomic E-state index is -4.34. The van der Waals surface area contributed by atoms with Crippen LogP contribution in [-0.2, 0) is 10.9 Å². The molecule has 1 N–H and O–H groups in total. The Labute approximate surface area is 118 Å². The van der Waals surface area contributed by atoms with Crippen LogP contribution < -0.4 is 5.32 Å². The SMILES string of the molecule is CC(C)OCCNc1nc2cc(C(F)(F)F)ccc2s1. The van der Waals surface area contributed by atoms with E-state index in [1.54, 1.807) is 0 Å². The molecule has 0 atom stereocenters. The van der Waals surface area contributed by atoms with Crippen molar-refractivity contribution in [2.75, 3.05) is 18.5 Å². The fraction of sp³-hybridized carbons (Fsp3) is 0.462. The maximum atomic E-state index is 12.6. The highest BCUT2D eigenvalue weighted by Gasteiger charge is 2.30. The van der Waals surface area contributed by atoms with Gasteiger partial charge in [0.15, 0.2) is 5.13 Å². The maximum absolute atomic E-state index is 12.6. The van der Waals surface area contributed by atoms with Gasteiger partial charge in [-0.05, 0) is 32.0 Å². The summed E-state index contributed by atoms with van der Waals surface area (Å²) in [5.41, 5.74) is -0.318. The molecule has 0 saturated carbocycles. The second-order valence-corrected chi connectivity index (χ2v) is 5.58. The van der Waals surface area contributed by atoms with E-state index in [4.69, 9.17) is 4.74 Å². The molecule has 0 amide bonds. The molecule has 1 heterocycles. The van der Waals surface area contributed by atoms with Crippen molar-refractivity contribution in [1.29, 1.82) is 0 Å². The normalized spacial score (nSPS) is 12.3. The Bertz CT molecular complexity index is 580. The van der Waals surface area contributed by atoms with E-state index < -0.39 is 11.7 Å². The molecular weight excluding hydrogens is 289 g/mol. The van der Waals surface area contributed by atoms with Gasteiger partial charge in [0, 0.05) is 6.54 Å². The van der Waals surface area contributed by atoms with Crippen LogP contribution in [0.1, 0.15) is 19.4 Å². The summed E-state index contributed by atoms with van der Waals surface area (Å²) in [7, 11) is 0. The lowest BCUT2D eigenvalue weighted by atomic mass is 10.2. The van der Waals surface area contributed by atoms with E-state index in [9.17, 15) is 13.2 Å². The number of thiazole rings is 1. The average Bonchev–Trinajstić information content (AvgIpc) is 2.74. The predicted octanol–water partition coefficient (Wildman–Crippen LogP) is 4.15. The lowest BCUT2D eigenvalue weighted by Crippen LogP contribution is -2.12. The van der Waals surface area contributed by atoms with E-state index in [0.717, 1.165) is 16.8 Å². The quantitative estimate of drug-likeness (QED) is 0.843. The zero-order valence-corrected chi connectivity index (χ0v) is 11.9. The van der Waals surface area contributed by atoms with Crippen molar-refractivity contribution >= 4 is 26.7 Å². The van der Waals surface area contributed by atoms with Gasteiger partial charge in [0.05, 0.1) is 28.5 Å². The largest absolute Gasteiger partial charge is 0.416 e. The lowest BCUT2D eigenvalue weighted by Gasteiger charge is -2.07. The van der Waals surface area contributed by atoms with Gasteiger partial charge in [0.25, 0.3) is 0 Å². The first kappa shape index (κ1) is 15.1. The van der Waals surface area contributed by atoms with E-state index in [1.165, 1.54) is 17.4 Å². The van der Waals surface area contributed by atoms with Gasteiger partial charge >= 0.3 is 6.18 Å². The molecule has 0 radical (unpaired) electrons. The molecule has 0 bridgehead atoms. The minimum Gasteiger partial charge on any atom is -0.377 e. The van der Waals surface area contributed by atoms with Crippen LogP contribution in [-0.4, -0.2) is 24.2 Å². The molecule has 20 heavy (non-hydrogen) atoms. The number of halogens is 3. The molecule has 1 aromatic heterocycles. The molecule has 0 aliphatic carbocycles. The van der Waals surface area contributed by atoms with E-state index >= 15 is 0 Å². The standard InChI is InChI=1S/C13H15F3N2OS/c1-8(2)19-6-5-17-12-18-10-7-9(13(14,15)16)3-4-11(10)20-12/h3-4,7-8H,5-6H2,1-2H3,(H,17,18). The van der Waals surface area contributed by atoms with Crippen LogP contribution in [0.2, 0.25) is 0 Å². The first-order chi connectivity index (χ1) is 9.36. The summed E-state index contributed by atoms with van der Waals surface area (Å²) < 4.78 is 43.9. The van der Waals surface area contributed by atoms with Crippen molar-refractivity contribution < 1.29 is 17.9 Å². The van der Waals surface area contributed by atoms with Crippen LogP contribution in [0.5, 0.6) is 0 Å². The van der Waals surface area contributed by atoms with Crippen LogP contribution in [0.4, 0.5) is 18.3 Å². The van der Waals surface area contributed by atoms with Gasteiger partial charge in [0.2, 0.25) is 0 Å². The topological polar surface area (TPSA) is 34.1 Å². The zero-order chi connectivity index (χ0) is 14.8. The second kappa shape index (κ2) is 5.97. The van der Waals surface area contributed by atoms with Crippen LogP contribution >= 0.6 is 11.3 Å². The van der Waals surface area contributed by atoms with Crippen molar-refractivity contribution in [3.63, 3.8) is 0 Å². The Morgan fingerprint density at radius 1 is 1.35 bits per heavy atom. The Morgan fingerprint density at radius 2 is 2.10 bits per heavy atom. The summed E-state index contributed by atoms with van der Waals surface area (Å²) in [4.78, 5) is 4.16. The number of benzene rings is 1. The summed E-state index contributed by atoms with van der Waals surface area (Å²) in [5, 5.41) is 3.65. The van der Waals surface area contributed by atoms with Gasteiger partial charge in [-0.25, -0.2) is 4.98 Å². The molecule has 2 aromatic rings. The van der Waals surface area contributed by atoms with Crippen LogP contribution in [0.3, 0.4) is 0 Å². The highest BCUT2D eigenvalue weighted by Crippen LogP contribution is 2.33. The molecule has 1 aromatic carbocycles. The van der Waals surface area contributed by atoms with Gasteiger partial charge < -0.3 is 10.1 Å². The van der Waals surface area contributed by atoms with E-state index in [-0.39, 0.29) is 6.10 Å². The molecule has 0 aliphatic rings. The van der Waals surface area contributed by atoms with Gasteiger partial charge in [-0.15, -0.1) is 0 Å². The number of nitrogens with zero attached hydrogens (tertiary/aromatic N) is 1. The van der Waals surface area contributed by atoms with Gasteiger partial charge in [-0.3, -0.25) is 0 Å². The molecule has 0 saturated heterocycles. The number of anilines is 1. The number of alkyl halides is 3. The Kier molecular flexibility index (Phi) is 4.49. The fourth-order valence-corrected chi connectivity index (χ4v) is 2.50. The second-order valence-electron chi connectivity index (χ2n) is 4.55. The van der Waals surface area contributed by atoms with E-state index in [0.29, 0.717) is 23.8 Å². The average molecular weight is 304 g/mol. The zero-order valence-electron chi connectivity index (χ0n) is 11.1. The van der Waals surface area contributed by atoms with Crippen LogP contribution in [0.15, 0.2) is 18.2 Å². The van der Waals surface area contributed by atoms with Crippen molar-refractivity contribution in [2.24, 2.45) is 0 Å². The first-order valence-corrected chi connectivity index (χ1v) is 7.01. The van der Waals surface area contributed by atoms with Gasteiger partial charge in [0.1, 0.15) is 0 Å². The first-order valence-electron chi connectivity index (χ1n) is 6.19. The third kappa shape index (κ3) is 3.83. The summed E-state index contributed by atoms with van der Waals surface area (Å²) in [6.07, 6.45) is -4.18. The van der Waals surface area contributed by atoms with Gasteiger partial charge in [-0.2, -0.15) is 13.2 Å². The number of hydrogen-bond acceptors (Lipinski definition) is 4. The summed E-state index contributed by atoms with van der Waals surface area (Å²) in [6, 6.07) is 3.60. The molecule has 3 nitrogen and oxygen atoms in total. The van der Waals surface area contributed by atoms with E-state index in [1.807, 2.05) is 13.8 Å². The smallest absolute Gasteiger partial charge is 0.377 e. The van der Waals surface area contributed by atoms with E-state index in [2.05, 4.69) is 10.3 Å². The third-order valence-electron chi connectivity index (χ3n) is 2.54. The number of fused-ring (bicyclic) bond motifs is 1. The maximum Gasteiger partial charge on any atom is 0.416 e. The fourth-order valence-electron chi connectivity index (χ4n) is 1.63. The predicted molar refractivity (Wildman–Crippen MR) is 74.2 cm³/mol. The van der Waals surface area contributed by atoms with Crippen molar-refractivity contribution in [3.05, 3.63) is 23.8 Å². The Hall–Kier alpha value is -1.34. The number of rotatable bonds is 5. The highest BCUT2D eigenvalue weighted by atomic mass is 32.1. The van der Waals surface area contributed by atoms with Crippen LogP contribution in [0, 0.1) is 0 Å². The number of nitrogens with one attached hydrogen (secondary N) is 1.